The zero-order chi connectivity index (χ0) is 11.9. The molecule has 0 saturated carbocycles. The van der Waals surface area contributed by atoms with Crippen LogP contribution in [0.5, 0.6) is 0 Å². The lowest BCUT2D eigenvalue weighted by atomic mass is 10.2. The molecule has 0 spiro atoms. The first-order valence-electron chi connectivity index (χ1n) is 5.31. The van der Waals surface area contributed by atoms with E-state index >= 15 is 0 Å². The van der Waals surface area contributed by atoms with Gasteiger partial charge in [-0.3, -0.25) is 19.8 Å². The molecule has 0 aliphatic rings. The van der Waals surface area contributed by atoms with E-state index in [0.717, 1.165) is 12.2 Å². The van der Waals surface area contributed by atoms with Crippen molar-refractivity contribution < 1.29 is 0 Å². The van der Waals surface area contributed by atoms with Gasteiger partial charge in [-0.15, -0.1) is 0 Å². The van der Waals surface area contributed by atoms with Gasteiger partial charge in [-0.2, -0.15) is 0 Å². The molecule has 2 N–H and O–H groups in total. The first-order chi connectivity index (χ1) is 7.50. The second kappa shape index (κ2) is 3.66. The minimum absolute atomic E-state index is 0.247. The zero-order valence-corrected chi connectivity index (χ0v) is 9.63. The summed E-state index contributed by atoms with van der Waals surface area (Å²) in [4.78, 5) is 23.2. The van der Waals surface area contributed by atoms with Gasteiger partial charge in [-0.25, -0.2) is 0 Å². The van der Waals surface area contributed by atoms with Crippen molar-refractivity contribution in [2.75, 3.05) is 0 Å². The van der Waals surface area contributed by atoms with E-state index in [1.807, 2.05) is 11.5 Å². The maximum Gasteiger partial charge on any atom is 0.287 e. The molecule has 2 heterocycles. The number of aromatic nitrogens is 3. The summed E-state index contributed by atoms with van der Waals surface area (Å²) in [5, 5.41) is 5.15. The van der Waals surface area contributed by atoms with Crippen molar-refractivity contribution in [1.29, 1.82) is 0 Å². The number of aryl methyl sites for hydroxylation is 1. The molecule has 0 atom stereocenters. The molecule has 2 aromatic heterocycles. The summed E-state index contributed by atoms with van der Waals surface area (Å²) in [5.41, 5.74) is 0.907. The van der Waals surface area contributed by atoms with Crippen LogP contribution in [0.1, 0.15) is 19.5 Å². The number of hydrogen-bond acceptors (Lipinski definition) is 2. The van der Waals surface area contributed by atoms with Crippen molar-refractivity contribution in [3.63, 3.8) is 0 Å². The SMILES string of the molecule is Cc1cc2c(=O)[nH][nH]c(=O)c2n1CC(C)C. The van der Waals surface area contributed by atoms with E-state index in [9.17, 15) is 9.59 Å². The van der Waals surface area contributed by atoms with Gasteiger partial charge in [-0.1, -0.05) is 13.8 Å². The number of rotatable bonds is 2. The van der Waals surface area contributed by atoms with Gasteiger partial charge in [0.1, 0.15) is 5.52 Å². The third kappa shape index (κ3) is 1.58. The third-order valence-corrected chi connectivity index (χ3v) is 2.60. The Morgan fingerprint density at radius 1 is 1.25 bits per heavy atom. The second-order valence-corrected chi connectivity index (χ2v) is 4.46. The highest BCUT2D eigenvalue weighted by Crippen LogP contribution is 2.14. The summed E-state index contributed by atoms with van der Waals surface area (Å²) in [6.07, 6.45) is 0. The summed E-state index contributed by atoms with van der Waals surface area (Å²) >= 11 is 0. The Morgan fingerprint density at radius 3 is 2.50 bits per heavy atom. The molecule has 0 bridgehead atoms. The highest BCUT2D eigenvalue weighted by Gasteiger charge is 2.12. The molecule has 86 valence electrons. The van der Waals surface area contributed by atoms with Gasteiger partial charge >= 0.3 is 0 Å². The fourth-order valence-corrected chi connectivity index (χ4v) is 1.94. The molecule has 0 radical (unpaired) electrons. The molecule has 0 amide bonds. The van der Waals surface area contributed by atoms with E-state index in [0.29, 0.717) is 16.8 Å². The quantitative estimate of drug-likeness (QED) is 0.793. The van der Waals surface area contributed by atoms with Gasteiger partial charge in [0, 0.05) is 12.2 Å². The third-order valence-electron chi connectivity index (χ3n) is 2.60. The van der Waals surface area contributed by atoms with E-state index in [4.69, 9.17) is 0 Å². The number of nitrogens with zero attached hydrogens (tertiary/aromatic N) is 1. The molecule has 5 nitrogen and oxygen atoms in total. The summed E-state index contributed by atoms with van der Waals surface area (Å²) in [5.74, 6) is 0.424. The van der Waals surface area contributed by atoms with E-state index < -0.39 is 0 Å². The van der Waals surface area contributed by atoms with Crippen LogP contribution in [-0.4, -0.2) is 14.8 Å². The van der Waals surface area contributed by atoms with Gasteiger partial charge in [0.25, 0.3) is 11.1 Å². The maximum absolute atomic E-state index is 11.7. The van der Waals surface area contributed by atoms with Crippen molar-refractivity contribution in [3.8, 4) is 0 Å². The standard InChI is InChI=1S/C11H15N3O2/c1-6(2)5-14-7(3)4-8-9(14)11(16)13-12-10(8)15/h4,6H,5H2,1-3H3,(H,12,15)(H,13,16). The molecule has 0 fully saturated rings. The van der Waals surface area contributed by atoms with Crippen molar-refractivity contribution >= 4 is 10.9 Å². The van der Waals surface area contributed by atoms with Gasteiger partial charge in [-0.05, 0) is 18.9 Å². The minimum Gasteiger partial charge on any atom is -0.340 e. The van der Waals surface area contributed by atoms with Crippen molar-refractivity contribution in [3.05, 3.63) is 32.5 Å². The highest BCUT2D eigenvalue weighted by molar-refractivity contribution is 5.79. The first kappa shape index (κ1) is 10.7. The molecule has 2 rings (SSSR count). The van der Waals surface area contributed by atoms with Crippen molar-refractivity contribution in [1.82, 2.24) is 14.8 Å². The van der Waals surface area contributed by atoms with Crippen LogP contribution in [0.15, 0.2) is 15.7 Å². The van der Waals surface area contributed by atoms with Crippen LogP contribution < -0.4 is 11.1 Å². The highest BCUT2D eigenvalue weighted by atomic mass is 16.1. The molecule has 5 heteroatoms. The Morgan fingerprint density at radius 2 is 1.88 bits per heavy atom. The lowest BCUT2D eigenvalue weighted by Crippen LogP contribution is -2.21. The van der Waals surface area contributed by atoms with Crippen molar-refractivity contribution in [2.24, 2.45) is 5.92 Å². The summed E-state index contributed by atoms with van der Waals surface area (Å²) in [6.45, 7) is 6.79. The van der Waals surface area contributed by atoms with Crippen LogP contribution in [0.2, 0.25) is 0 Å². The number of nitrogens with one attached hydrogen (secondary N) is 2. The number of H-pyrrole nitrogens is 2. The Hall–Kier alpha value is -1.78. The molecule has 0 aliphatic carbocycles. The normalized spacial score (nSPS) is 11.5. The van der Waals surface area contributed by atoms with Gasteiger partial charge in [0.2, 0.25) is 0 Å². The fourth-order valence-electron chi connectivity index (χ4n) is 1.94. The monoisotopic (exact) mass is 221 g/mol. The molecule has 0 unspecified atom stereocenters. The van der Waals surface area contributed by atoms with Crippen molar-refractivity contribution in [2.45, 2.75) is 27.3 Å². The number of aromatic amines is 2. The largest absolute Gasteiger partial charge is 0.340 e. The maximum atomic E-state index is 11.7. The van der Waals surface area contributed by atoms with Gasteiger partial charge in [0.15, 0.2) is 0 Å². The zero-order valence-electron chi connectivity index (χ0n) is 9.63. The molecule has 0 saturated heterocycles. The van der Waals surface area contributed by atoms with E-state index in [1.165, 1.54) is 0 Å². The van der Waals surface area contributed by atoms with Crippen LogP contribution in [0.25, 0.3) is 10.9 Å². The summed E-state index contributed by atoms with van der Waals surface area (Å²) in [7, 11) is 0. The van der Waals surface area contributed by atoms with E-state index in [1.54, 1.807) is 6.07 Å². The van der Waals surface area contributed by atoms with Crippen LogP contribution in [0.4, 0.5) is 0 Å². The van der Waals surface area contributed by atoms with Crippen LogP contribution in [0.3, 0.4) is 0 Å². The fraction of sp³-hybridized carbons (Fsp3) is 0.455. The van der Waals surface area contributed by atoms with E-state index in [-0.39, 0.29) is 11.1 Å². The molecular formula is C11H15N3O2. The van der Waals surface area contributed by atoms with Crippen LogP contribution >= 0.6 is 0 Å². The Labute approximate surface area is 92.1 Å². The Balaban J connectivity index is 2.83. The van der Waals surface area contributed by atoms with E-state index in [2.05, 4.69) is 24.0 Å². The average molecular weight is 221 g/mol. The first-order valence-corrected chi connectivity index (χ1v) is 5.31. The second-order valence-electron chi connectivity index (χ2n) is 4.46. The van der Waals surface area contributed by atoms with Crippen LogP contribution in [-0.2, 0) is 6.54 Å². The van der Waals surface area contributed by atoms with Gasteiger partial charge in [0.05, 0.1) is 5.39 Å². The van der Waals surface area contributed by atoms with Crippen LogP contribution in [0, 0.1) is 12.8 Å². The topological polar surface area (TPSA) is 70.7 Å². The van der Waals surface area contributed by atoms with Gasteiger partial charge < -0.3 is 4.57 Å². The molecule has 16 heavy (non-hydrogen) atoms. The number of hydrogen-bond donors (Lipinski definition) is 2. The predicted molar refractivity (Wildman–Crippen MR) is 62.8 cm³/mol. The molecular weight excluding hydrogens is 206 g/mol. The molecule has 2 aromatic rings. The summed E-state index contributed by atoms with van der Waals surface area (Å²) < 4.78 is 1.90. The minimum atomic E-state index is -0.250. The lowest BCUT2D eigenvalue weighted by molar-refractivity contribution is 0.526. The number of fused-ring (bicyclic) bond motifs is 1. The average Bonchev–Trinajstić information content (AvgIpc) is 2.51. The Kier molecular flexibility index (Phi) is 2.46. The Bertz CT molecular complexity index is 631. The predicted octanol–water partition coefficient (Wildman–Crippen LogP) is 0.982. The molecule has 0 aromatic carbocycles. The molecule has 0 aliphatic heterocycles. The summed E-state index contributed by atoms with van der Waals surface area (Å²) in [6, 6.07) is 1.76. The smallest absolute Gasteiger partial charge is 0.287 e. The lowest BCUT2D eigenvalue weighted by Gasteiger charge is -2.09.